The van der Waals surface area contributed by atoms with Crippen LogP contribution in [0.1, 0.15) is 53.4 Å². The zero-order valence-electron chi connectivity index (χ0n) is 11.5. The Labute approximate surface area is 104 Å². The fourth-order valence-corrected chi connectivity index (χ4v) is 5.38. The minimum atomic E-state index is -0.573. The quantitative estimate of drug-likeness (QED) is 0.681. The van der Waals surface area contributed by atoms with E-state index < -0.39 is 5.60 Å². The van der Waals surface area contributed by atoms with Crippen LogP contribution in [0.15, 0.2) is 0 Å². The lowest BCUT2D eigenvalue weighted by atomic mass is 9.68. The van der Waals surface area contributed by atoms with Crippen molar-refractivity contribution in [3.8, 4) is 0 Å². The second kappa shape index (κ2) is 3.08. The van der Waals surface area contributed by atoms with Gasteiger partial charge in [0.2, 0.25) is 0 Å². The van der Waals surface area contributed by atoms with E-state index in [-0.39, 0.29) is 17.4 Å². The molecular weight excluding hydrogens is 212 g/mol. The molecule has 98 valence electrons. The van der Waals surface area contributed by atoms with E-state index in [1.807, 2.05) is 6.92 Å². The van der Waals surface area contributed by atoms with Crippen LogP contribution in [0.2, 0.25) is 0 Å². The zero-order valence-corrected chi connectivity index (χ0v) is 11.5. The van der Waals surface area contributed by atoms with Crippen LogP contribution >= 0.6 is 0 Å². The molecule has 3 saturated carbocycles. The number of hydrogen-bond acceptors (Lipinski definition) is 2. The standard InChI is InChI=1S/C15H26O2/c1-13(2)9-5-6-10(16)14(3)7-8-15(4,17)12(14)11(9)13/h9-12,16-17H,5-8H2,1-4H3/t9-,10+,11+,12+,14-,15+/m1/s1. The summed E-state index contributed by atoms with van der Waals surface area (Å²) in [6.07, 6.45) is 3.68. The molecule has 0 aromatic carbocycles. The summed E-state index contributed by atoms with van der Waals surface area (Å²) in [4.78, 5) is 0. The molecule has 0 aromatic rings. The third-order valence-corrected chi connectivity index (χ3v) is 6.56. The van der Waals surface area contributed by atoms with Crippen molar-refractivity contribution in [2.45, 2.75) is 65.1 Å². The Morgan fingerprint density at radius 3 is 2.29 bits per heavy atom. The van der Waals surface area contributed by atoms with Crippen LogP contribution in [0.4, 0.5) is 0 Å². The molecule has 2 nitrogen and oxygen atoms in total. The highest BCUT2D eigenvalue weighted by Crippen LogP contribution is 2.73. The first-order chi connectivity index (χ1) is 7.71. The lowest BCUT2D eigenvalue weighted by molar-refractivity contribution is -0.0674. The van der Waals surface area contributed by atoms with Crippen molar-refractivity contribution in [3.05, 3.63) is 0 Å². The molecule has 0 heterocycles. The Hall–Kier alpha value is -0.0800. The molecule has 3 rings (SSSR count). The third-order valence-electron chi connectivity index (χ3n) is 6.56. The molecule has 0 unspecified atom stereocenters. The highest BCUT2D eigenvalue weighted by atomic mass is 16.3. The van der Waals surface area contributed by atoms with Gasteiger partial charge < -0.3 is 10.2 Å². The van der Waals surface area contributed by atoms with Gasteiger partial charge in [-0.2, -0.15) is 0 Å². The van der Waals surface area contributed by atoms with Gasteiger partial charge in [0.15, 0.2) is 0 Å². The Balaban J connectivity index is 2.03. The molecule has 3 fully saturated rings. The maximum absolute atomic E-state index is 10.7. The Bertz CT molecular complexity index is 347. The summed E-state index contributed by atoms with van der Waals surface area (Å²) in [7, 11) is 0. The third kappa shape index (κ3) is 1.34. The van der Waals surface area contributed by atoms with Gasteiger partial charge in [0.25, 0.3) is 0 Å². The van der Waals surface area contributed by atoms with Crippen LogP contribution < -0.4 is 0 Å². The van der Waals surface area contributed by atoms with Crippen molar-refractivity contribution in [3.63, 3.8) is 0 Å². The second-order valence-corrected chi connectivity index (χ2v) is 7.89. The van der Waals surface area contributed by atoms with Gasteiger partial charge >= 0.3 is 0 Å². The van der Waals surface area contributed by atoms with E-state index in [0.29, 0.717) is 17.3 Å². The van der Waals surface area contributed by atoms with Gasteiger partial charge in [-0.25, -0.2) is 0 Å². The number of rotatable bonds is 0. The molecule has 0 amide bonds. The fourth-order valence-electron chi connectivity index (χ4n) is 5.38. The SMILES string of the molecule is CC1(C)[C@H]2[C@H]1CC[C@H](O)[C@@]1(C)CC[C@](C)(O)[C@@H]21. The van der Waals surface area contributed by atoms with Gasteiger partial charge in [-0.05, 0) is 61.2 Å². The number of aliphatic hydroxyl groups is 2. The van der Waals surface area contributed by atoms with Crippen LogP contribution in [0.25, 0.3) is 0 Å². The maximum atomic E-state index is 10.7. The van der Waals surface area contributed by atoms with Gasteiger partial charge in [-0.3, -0.25) is 0 Å². The van der Waals surface area contributed by atoms with Crippen LogP contribution in [-0.2, 0) is 0 Å². The molecule has 0 radical (unpaired) electrons. The molecule has 3 aliphatic carbocycles. The van der Waals surface area contributed by atoms with Gasteiger partial charge in [-0.15, -0.1) is 0 Å². The van der Waals surface area contributed by atoms with E-state index in [2.05, 4.69) is 20.8 Å². The first kappa shape index (κ1) is 12.0. The van der Waals surface area contributed by atoms with Gasteiger partial charge in [0, 0.05) is 0 Å². The number of hydrogen-bond donors (Lipinski definition) is 2. The summed E-state index contributed by atoms with van der Waals surface area (Å²) < 4.78 is 0. The summed E-state index contributed by atoms with van der Waals surface area (Å²) in [5, 5.41) is 21.2. The molecule has 0 spiro atoms. The summed E-state index contributed by atoms with van der Waals surface area (Å²) in [6, 6.07) is 0. The van der Waals surface area contributed by atoms with Crippen molar-refractivity contribution < 1.29 is 10.2 Å². The normalized spacial score (nSPS) is 60.4. The minimum Gasteiger partial charge on any atom is -0.393 e. The van der Waals surface area contributed by atoms with E-state index in [0.717, 1.165) is 25.7 Å². The van der Waals surface area contributed by atoms with Crippen molar-refractivity contribution in [1.29, 1.82) is 0 Å². The van der Waals surface area contributed by atoms with E-state index >= 15 is 0 Å². The first-order valence-corrected chi connectivity index (χ1v) is 7.12. The van der Waals surface area contributed by atoms with E-state index in [4.69, 9.17) is 0 Å². The van der Waals surface area contributed by atoms with Crippen LogP contribution in [0.3, 0.4) is 0 Å². The molecule has 0 aliphatic heterocycles. The fraction of sp³-hybridized carbons (Fsp3) is 1.00. The molecule has 2 heteroatoms. The highest BCUT2D eigenvalue weighted by Gasteiger charge is 2.71. The predicted molar refractivity (Wildman–Crippen MR) is 67.5 cm³/mol. The largest absolute Gasteiger partial charge is 0.393 e. The summed E-state index contributed by atoms with van der Waals surface area (Å²) in [5.74, 6) is 1.61. The lowest BCUT2D eigenvalue weighted by Crippen LogP contribution is -2.44. The van der Waals surface area contributed by atoms with E-state index in [1.165, 1.54) is 0 Å². The lowest BCUT2D eigenvalue weighted by Gasteiger charge is -2.40. The van der Waals surface area contributed by atoms with Crippen molar-refractivity contribution in [2.24, 2.45) is 28.6 Å². The monoisotopic (exact) mass is 238 g/mol. The van der Waals surface area contributed by atoms with Gasteiger partial charge in [-0.1, -0.05) is 20.8 Å². The predicted octanol–water partition coefficient (Wildman–Crippen LogP) is 2.58. The zero-order chi connectivity index (χ0) is 12.6. The molecule has 2 N–H and O–H groups in total. The molecule has 6 atom stereocenters. The summed E-state index contributed by atoms with van der Waals surface area (Å²) in [6.45, 7) is 8.89. The average Bonchev–Trinajstić information content (AvgIpc) is 2.67. The molecular formula is C15H26O2. The molecule has 17 heavy (non-hydrogen) atoms. The Morgan fingerprint density at radius 2 is 1.65 bits per heavy atom. The Kier molecular flexibility index (Phi) is 2.17. The van der Waals surface area contributed by atoms with Gasteiger partial charge in [0.1, 0.15) is 0 Å². The molecule has 0 bridgehead atoms. The van der Waals surface area contributed by atoms with Crippen molar-refractivity contribution >= 4 is 0 Å². The van der Waals surface area contributed by atoms with Crippen molar-refractivity contribution in [2.75, 3.05) is 0 Å². The smallest absolute Gasteiger partial charge is 0.0657 e. The first-order valence-electron chi connectivity index (χ1n) is 7.12. The van der Waals surface area contributed by atoms with E-state index in [9.17, 15) is 10.2 Å². The number of aliphatic hydroxyl groups excluding tert-OH is 1. The Morgan fingerprint density at radius 1 is 1.00 bits per heavy atom. The van der Waals surface area contributed by atoms with Crippen LogP contribution in [0.5, 0.6) is 0 Å². The highest BCUT2D eigenvalue weighted by molar-refractivity contribution is 5.19. The maximum Gasteiger partial charge on any atom is 0.0657 e. The van der Waals surface area contributed by atoms with E-state index in [1.54, 1.807) is 0 Å². The minimum absolute atomic E-state index is 0.0588. The van der Waals surface area contributed by atoms with Crippen molar-refractivity contribution in [1.82, 2.24) is 0 Å². The molecule has 0 aromatic heterocycles. The average molecular weight is 238 g/mol. The number of fused-ring (bicyclic) bond motifs is 3. The molecule has 3 aliphatic rings. The van der Waals surface area contributed by atoms with Crippen LogP contribution in [-0.4, -0.2) is 21.9 Å². The summed E-state index contributed by atoms with van der Waals surface area (Å²) in [5.41, 5.74) is -0.256. The topological polar surface area (TPSA) is 40.5 Å². The second-order valence-electron chi connectivity index (χ2n) is 7.89. The van der Waals surface area contributed by atoms with Gasteiger partial charge in [0.05, 0.1) is 11.7 Å². The molecule has 0 saturated heterocycles. The summed E-state index contributed by atoms with van der Waals surface area (Å²) >= 11 is 0. The van der Waals surface area contributed by atoms with Crippen LogP contribution in [0, 0.1) is 28.6 Å².